The molecule has 0 unspecified atom stereocenters. The van der Waals surface area contributed by atoms with Crippen LogP contribution in [-0.2, 0) is 32.6 Å². The summed E-state index contributed by atoms with van der Waals surface area (Å²) in [6, 6.07) is 22.1. The molecule has 1 atom stereocenters. The number of ketones is 1. The molecule has 0 fully saturated rings. The SMILES string of the molecule is CCCCNC(=O)[C@H](Cc1ccccc1)N(Cc1ccc(Br)cc1)C(=O)CN(c1cccc(C(C)=O)c1)S(C)(=O)=O. The summed E-state index contributed by atoms with van der Waals surface area (Å²) in [6.45, 7) is 3.44. The van der Waals surface area contributed by atoms with Gasteiger partial charge in [-0.3, -0.25) is 18.7 Å². The first kappa shape index (κ1) is 32.0. The maximum Gasteiger partial charge on any atom is 0.244 e. The van der Waals surface area contributed by atoms with E-state index in [1.807, 2.05) is 61.5 Å². The standard InChI is InChI=1S/C31H36BrN3O5S/c1-4-5-18-33-31(38)29(19-24-10-7-6-8-11-24)34(21-25-14-16-27(32)17-15-25)30(37)22-35(41(3,39)40)28-13-9-12-26(20-28)23(2)36/h6-17,20,29H,4-5,18-19,21-22H2,1-3H3,(H,33,38)/t29-/m0/s1. The lowest BCUT2D eigenvalue weighted by Gasteiger charge is -2.33. The number of halogens is 1. The first-order valence-electron chi connectivity index (χ1n) is 13.4. The molecule has 0 aliphatic rings. The highest BCUT2D eigenvalue weighted by atomic mass is 79.9. The highest BCUT2D eigenvalue weighted by Crippen LogP contribution is 2.22. The fourth-order valence-corrected chi connectivity index (χ4v) is 5.45. The van der Waals surface area contributed by atoms with E-state index in [0.29, 0.717) is 12.1 Å². The molecule has 0 spiro atoms. The molecule has 3 aromatic rings. The minimum absolute atomic E-state index is 0.0932. The lowest BCUT2D eigenvalue weighted by molar-refractivity contribution is -0.140. The van der Waals surface area contributed by atoms with E-state index < -0.39 is 28.5 Å². The molecule has 0 saturated heterocycles. The van der Waals surface area contributed by atoms with E-state index in [9.17, 15) is 22.8 Å². The van der Waals surface area contributed by atoms with Gasteiger partial charge in [-0.15, -0.1) is 0 Å². The fraction of sp³-hybridized carbons (Fsp3) is 0.323. The Hall–Kier alpha value is -3.50. The van der Waals surface area contributed by atoms with Crippen molar-refractivity contribution in [3.05, 3.63) is 100 Å². The van der Waals surface area contributed by atoms with Crippen LogP contribution in [0.2, 0.25) is 0 Å². The summed E-state index contributed by atoms with van der Waals surface area (Å²) in [4.78, 5) is 41.1. The van der Waals surface area contributed by atoms with E-state index in [4.69, 9.17) is 0 Å². The molecule has 0 aliphatic carbocycles. The van der Waals surface area contributed by atoms with Gasteiger partial charge in [-0.25, -0.2) is 8.42 Å². The number of amides is 2. The van der Waals surface area contributed by atoms with Crippen LogP contribution >= 0.6 is 15.9 Å². The third-order valence-corrected chi connectivity index (χ3v) is 8.26. The van der Waals surface area contributed by atoms with Gasteiger partial charge in [0.25, 0.3) is 0 Å². The van der Waals surface area contributed by atoms with Crippen molar-refractivity contribution in [1.29, 1.82) is 0 Å². The Morgan fingerprint density at radius 3 is 2.22 bits per heavy atom. The van der Waals surface area contributed by atoms with Gasteiger partial charge in [0.1, 0.15) is 12.6 Å². The summed E-state index contributed by atoms with van der Waals surface area (Å²) in [7, 11) is -3.92. The molecule has 0 radical (unpaired) electrons. The number of carbonyl (C=O) groups excluding carboxylic acids is 3. The van der Waals surface area contributed by atoms with Gasteiger partial charge in [0.05, 0.1) is 11.9 Å². The summed E-state index contributed by atoms with van der Waals surface area (Å²) in [6.07, 6.45) is 2.95. The number of Topliss-reactive ketones (excluding diaryl/α,β-unsaturated/α-hetero) is 1. The third-order valence-electron chi connectivity index (χ3n) is 6.59. The van der Waals surface area contributed by atoms with E-state index in [-0.39, 0.29) is 30.3 Å². The Morgan fingerprint density at radius 1 is 0.927 bits per heavy atom. The normalized spacial score (nSPS) is 11.9. The minimum Gasteiger partial charge on any atom is -0.354 e. The zero-order valence-corrected chi connectivity index (χ0v) is 25.9. The van der Waals surface area contributed by atoms with Crippen LogP contribution in [0.15, 0.2) is 83.3 Å². The fourth-order valence-electron chi connectivity index (χ4n) is 4.34. The Labute approximate surface area is 250 Å². The monoisotopic (exact) mass is 641 g/mol. The van der Waals surface area contributed by atoms with Crippen LogP contribution in [0.3, 0.4) is 0 Å². The Morgan fingerprint density at radius 2 is 1.61 bits per heavy atom. The van der Waals surface area contributed by atoms with Crippen molar-refractivity contribution in [3.8, 4) is 0 Å². The maximum atomic E-state index is 14.1. The molecule has 0 aromatic heterocycles. The molecule has 0 saturated carbocycles. The molecule has 3 aromatic carbocycles. The summed E-state index contributed by atoms with van der Waals surface area (Å²) in [5.74, 6) is -1.08. The van der Waals surface area contributed by atoms with Gasteiger partial charge < -0.3 is 10.2 Å². The van der Waals surface area contributed by atoms with Crippen LogP contribution in [0.4, 0.5) is 5.69 Å². The predicted molar refractivity (Wildman–Crippen MR) is 165 cm³/mol. The lowest BCUT2D eigenvalue weighted by atomic mass is 10.0. The maximum absolute atomic E-state index is 14.1. The van der Waals surface area contributed by atoms with E-state index in [1.54, 1.807) is 18.2 Å². The molecule has 8 nitrogen and oxygen atoms in total. The minimum atomic E-state index is -3.92. The number of carbonyl (C=O) groups is 3. The summed E-state index contributed by atoms with van der Waals surface area (Å²) < 4.78 is 27.7. The molecule has 10 heteroatoms. The number of rotatable bonds is 14. The number of nitrogens with zero attached hydrogens (tertiary/aromatic N) is 2. The Bertz CT molecular complexity index is 1450. The zero-order chi connectivity index (χ0) is 30.0. The largest absolute Gasteiger partial charge is 0.354 e. The number of hydrogen-bond donors (Lipinski definition) is 1. The van der Waals surface area contributed by atoms with E-state index in [1.165, 1.54) is 17.9 Å². The van der Waals surface area contributed by atoms with Crippen LogP contribution in [0.1, 0.15) is 48.2 Å². The summed E-state index contributed by atoms with van der Waals surface area (Å²) >= 11 is 3.43. The second-order valence-electron chi connectivity index (χ2n) is 9.87. The number of hydrogen-bond acceptors (Lipinski definition) is 5. The second kappa shape index (κ2) is 14.9. The number of anilines is 1. The van der Waals surface area contributed by atoms with Gasteiger partial charge in [0, 0.05) is 29.5 Å². The summed E-state index contributed by atoms with van der Waals surface area (Å²) in [5, 5.41) is 2.96. The first-order valence-corrected chi connectivity index (χ1v) is 16.1. The molecule has 0 heterocycles. The van der Waals surface area contributed by atoms with Crippen LogP contribution in [0, 0.1) is 0 Å². The molecule has 0 aliphatic heterocycles. The average Bonchev–Trinajstić information content (AvgIpc) is 2.94. The molecule has 1 N–H and O–H groups in total. The van der Waals surface area contributed by atoms with Gasteiger partial charge >= 0.3 is 0 Å². The van der Waals surface area contributed by atoms with Crippen LogP contribution in [0.25, 0.3) is 0 Å². The highest BCUT2D eigenvalue weighted by molar-refractivity contribution is 9.10. The molecular weight excluding hydrogens is 606 g/mol. The van der Waals surface area contributed by atoms with Crippen molar-refractivity contribution in [3.63, 3.8) is 0 Å². The molecule has 0 bridgehead atoms. The second-order valence-corrected chi connectivity index (χ2v) is 12.7. The van der Waals surface area contributed by atoms with Crippen LogP contribution < -0.4 is 9.62 Å². The topological polar surface area (TPSA) is 104 Å². The number of unbranched alkanes of at least 4 members (excludes halogenated alkanes) is 1. The number of benzene rings is 3. The zero-order valence-electron chi connectivity index (χ0n) is 23.5. The van der Waals surface area contributed by atoms with Crippen molar-refractivity contribution in [2.45, 2.75) is 45.7 Å². The quantitative estimate of drug-likeness (QED) is 0.198. The van der Waals surface area contributed by atoms with E-state index in [0.717, 1.165) is 39.0 Å². The van der Waals surface area contributed by atoms with Gasteiger partial charge in [0.15, 0.2) is 5.78 Å². The van der Waals surface area contributed by atoms with Crippen molar-refractivity contribution < 1.29 is 22.8 Å². The van der Waals surface area contributed by atoms with Gasteiger partial charge in [0.2, 0.25) is 21.8 Å². The predicted octanol–water partition coefficient (Wildman–Crippen LogP) is 4.97. The highest BCUT2D eigenvalue weighted by Gasteiger charge is 2.33. The van der Waals surface area contributed by atoms with Crippen LogP contribution in [0.5, 0.6) is 0 Å². The smallest absolute Gasteiger partial charge is 0.244 e. The van der Waals surface area contributed by atoms with Crippen molar-refractivity contribution in [2.75, 3.05) is 23.7 Å². The van der Waals surface area contributed by atoms with Crippen molar-refractivity contribution >= 4 is 49.2 Å². The third kappa shape index (κ3) is 9.54. The van der Waals surface area contributed by atoms with E-state index in [2.05, 4.69) is 21.2 Å². The molecule has 41 heavy (non-hydrogen) atoms. The average molecular weight is 643 g/mol. The van der Waals surface area contributed by atoms with Gasteiger partial charge in [-0.05, 0) is 48.7 Å². The molecular formula is C31H36BrN3O5S. The van der Waals surface area contributed by atoms with Gasteiger partial charge in [-0.1, -0.05) is 83.9 Å². The van der Waals surface area contributed by atoms with Gasteiger partial charge in [-0.2, -0.15) is 0 Å². The van der Waals surface area contributed by atoms with Crippen LogP contribution in [-0.4, -0.2) is 56.3 Å². The Balaban J connectivity index is 2.04. The van der Waals surface area contributed by atoms with Crippen molar-refractivity contribution in [1.82, 2.24) is 10.2 Å². The number of sulfonamides is 1. The Kier molecular flexibility index (Phi) is 11.7. The summed E-state index contributed by atoms with van der Waals surface area (Å²) in [5.41, 5.74) is 2.17. The number of nitrogens with one attached hydrogen (secondary N) is 1. The molecule has 2 amide bonds. The van der Waals surface area contributed by atoms with Crippen molar-refractivity contribution in [2.24, 2.45) is 0 Å². The molecule has 218 valence electrons. The van der Waals surface area contributed by atoms with E-state index >= 15 is 0 Å². The molecule has 3 rings (SSSR count). The first-order chi connectivity index (χ1) is 19.5. The lowest BCUT2D eigenvalue weighted by Crippen LogP contribution is -2.53.